The fraction of sp³-hybridized carbons (Fsp3) is 0.333. The summed E-state index contributed by atoms with van der Waals surface area (Å²) < 4.78 is 0. The molecule has 0 saturated heterocycles. The molecule has 0 nitrogen and oxygen atoms in total. The molecule has 0 aliphatic carbocycles. The van der Waals surface area contributed by atoms with Crippen molar-refractivity contribution < 1.29 is 0 Å². The Bertz CT molecular complexity index is 394. The Hall–Kier alpha value is -0.800. The van der Waals surface area contributed by atoms with E-state index < -0.39 is 14.3 Å². The summed E-state index contributed by atoms with van der Waals surface area (Å²) in [6.45, 7) is 7.01. The fourth-order valence-electron chi connectivity index (χ4n) is 2.04. The number of hydrogen-bond donors (Lipinski definition) is 0. The van der Waals surface area contributed by atoms with Crippen LogP contribution in [0.15, 0.2) is 60.7 Å². The van der Waals surface area contributed by atoms with Crippen molar-refractivity contribution in [2.45, 2.75) is 36.5 Å². The summed E-state index contributed by atoms with van der Waals surface area (Å²) in [5, 5.41) is 7.47. The third kappa shape index (κ3) is 7.11. The van der Waals surface area contributed by atoms with E-state index in [0.717, 1.165) is 0 Å². The van der Waals surface area contributed by atoms with Gasteiger partial charge in [-0.25, -0.2) is 0 Å². The number of hydrogen-bond acceptors (Lipinski definition) is 0. The summed E-state index contributed by atoms with van der Waals surface area (Å²) in [6.07, 6.45) is 0. The zero-order valence-electron chi connectivity index (χ0n) is 13.0. The maximum absolute atomic E-state index is 2.34. The van der Waals surface area contributed by atoms with Crippen molar-refractivity contribution in [3.63, 3.8) is 0 Å². The van der Waals surface area contributed by atoms with E-state index in [1.165, 1.54) is 26.1 Å². The molecule has 106 valence electrons. The van der Waals surface area contributed by atoms with Crippen molar-refractivity contribution in [3.05, 3.63) is 60.7 Å². The van der Waals surface area contributed by atoms with E-state index in [0.29, 0.717) is 0 Å². The van der Waals surface area contributed by atoms with E-state index in [4.69, 9.17) is 0 Å². The second kappa shape index (κ2) is 10.9. The zero-order chi connectivity index (χ0) is 14.6. The molecule has 0 unspecified atom stereocenters. The summed E-state index contributed by atoms with van der Waals surface area (Å²) >= 11 is -0.403. The zero-order valence-corrected chi connectivity index (χ0v) is 16.2. The minimum Gasteiger partial charge on any atom is -0.0632 e. The Morgan fingerprint density at radius 2 is 1.00 bits per heavy atom. The van der Waals surface area contributed by atoms with Crippen molar-refractivity contribution in [1.29, 1.82) is 0 Å². The first-order chi connectivity index (χ1) is 9.80. The third-order valence-corrected chi connectivity index (χ3v) is 11.2. The van der Waals surface area contributed by atoms with Gasteiger partial charge in [0.1, 0.15) is 9.52 Å². The van der Waals surface area contributed by atoms with Crippen molar-refractivity contribution in [3.8, 4) is 0 Å². The van der Waals surface area contributed by atoms with Gasteiger partial charge in [-0.1, -0.05) is 71.0 Å². The normalized spacial score (nSPS) is 10.0. The van der Waals surface area contributed by atoms with Crippen LogP contribution in [0, 0.1) is 0 Å². The van der Waals surface area contributed by atoms with Gasteiger partial charge in [0.25, 0.3) is 0 Å². The largest absolute Gasteiger partial charge is 0.103 e. The van der Waals surface area contributed by atoms with Crippen LogP contribution < -0.4 is 10.4 Å². The minimum absolute atomic E-state index is 0.271. The Morgan fingerprint density at radius 3 is 1.25 bits per heavy atom. The maximum atomic E-state index is 2.34. The van der Waals surface area contributed by atoms with Crippen LogP contribution in [0.3, 0.4) is 0 Å². The van der Waals surface area contributed by atoms with Crippen LogP contribution in [0.5, 0.6) is 0 Å². The summed E-state index contributed by atoms with van der Waals surface area (Å²) in [7, 11) is 0.271. The van der Waals surface area contributed by atoms with Gasteiger partial charge in [-0.15, -0.1) is 0 Å². The Kier molecular flexibility index (Phi) is 9.42. The molecule has 2 radical (unpaired) electrons. The Balaban J connectivity index is 0.000000246. The molecule has 0 heterocycles. The first-order valence-electron chi connectivity index (χ1n) is 7.58. The van der Waals surface area contributed by atoms with Gasteiger partial charge >= 0.3 is 50.9 Å². The summed E-state index contributed by atoms with van der Waals surface area (Å²) in [4.78, 5) is 0. The van der Waals surface area contributed by atoms with Gasteiger partial charge < -0.3 is 0 Å². The number of benzene rings is 2. The Morgan fingerprint density at radius 1 is 0.650 bits per heavy atom. The van der Waals surface area contributed by atoms with Gasteiger partial charge in [0, 0.05) is 0 Å². The molecule has 0 bridgehead atoms. The molecule has 2 rings (SSSR count). The van der Waals surface area contributed by atoms with Gasteiger partial charge in [0.2, 0.25) is 0 Å². The maximum Gasteiger partial charge on any atom is 0.103 e. The van der Waals surface area contributed by atoms with Crippen LogP contribution in [-0.2, 0) is 0 Å². The molecule has 0 atom stereocenters. The topological polar surface area (TPSA) is 0 Å². The SMILES string of the molecule is C[CH2][Ge]([CH2]C)[CH2]C.c1ccc([SiH]c2ccccc2)cc1. The Labute approximate surface area is 131 Å². The molecule has 2 aromatic rings. The second-order valence-corrected chi connectivity index (χ2v) is 14.0. The van der Waals surface area contributed by atoms with E-state index in [1.807, 2.05) is 0 Å². The first-order valence-corrected chi connectivity index (χ1v) is 13.2. The second-order valence-electron chi connectivity index (χ2n) is 4.78. The van der Waals surface area contributed by atoms with Gasteiger partial charge in [-0.05, 0) is 0 Å². The van der Waals surface area contributed by atoms with Gasteiger partial charge in [-0.2, -0.15) is 0 Å². The van der Waals surface area contributed by atoms with E-state index in [-0.39, 0.29) is 9.52 Å². The van der Waals surface area contributed by atoms with Crippen LogP contribution >= 0.6 is 0 Å². The monoisotopic (exact) mass is 344 g/mol. The molecular weight excluding hydrogens is 317 g/mol. The van der Waals surface area contributed by atoms with Gasteiger partial charge in [0.05, 0.1) is 0 Å². The third-order valence-electron chi connectivity index (χ3n) is 3.43. The predicted octanol–water partition coefficient (Wildman–Crippen LogP) is 3.61. The van der Waals surface area contributed by atoms with Crippen molar-refractivity contribution in [2.24, 2.45) is 0 Å². The molecule has 0 spiro atoms. The van der Waals surface area contributed by atoms with Gasteiger partial charge in [-0.3, -0.25) is 0 Å². The smallest absolute Gasteiger partial charge is 0.0632 e. The number of rotatable bonds is 5. The fourth-order valence-corrected chi connectivity index (χ4v) is 6.40. The minimum atomic E-state index is -0.403. The molecule has 0 fully saturated rings. The molecule has 0 saturated carbocycles. The van der Waals surface area contributed by atoms with E-state index in [9.17, 15) is 0 Å². The average molecular weight is 343 g/mol. The summed E-state index contributed by atoms with van der Waals surface area (Å²) in [6, 6.07) is 21.3. The standard InChI is InChI=1S/C12H11Si.C6H15Ge/c1-3-7-11(8-4-1)13-12-9-5-2-6-10-12;1-4-7(5-2)6-3/h1-10,13H;4-6H2,1-3H3. The molecule has 0 aromatic heterocycles. The van der Waals surface area contributed by atoms with Crippen LogP contribution in [-0.4, -0.2) is 23.9 Å². The molecule has 0 aliphatic rings. The van der Waals surface area contributed by atoms with E-state index >= 15 is 0 Å². The molecule has 0 N–H and O–H groups in total. The molecule has 2 aromatic carbocycles. The van der Waals surface area contributed by atoms with Crippen molar-refractivity contribution in [1.82, 2.24) is 0 Å². The van der Waals surface area contributed by atoms with Crippen LogP contribution in [0.1, 0.15) is 20.8 Å². The van der Waals surface area contributed by atoms with Crippen LogP contribution in [0.2, 0.25) is 15.8 Å². The molecular formula is C18H26GeSi. The van der Waals surface area contributed by atoms with E-state index in [2.05, 4.69) is 81.4 Å². The molecule has 0 amide bonds. The van der Waals surface area contributed by atoms with Crippen LogP contribution in [0.25, 0.3) is 0 Å². The van der Waals surface area contributed by atoms with Crippen molar-refractivity contribution in [2.75, 3.05) is 0 Å². The van der Waals surface area contributed by atoms with Crippen LogP contribution in [0.4, 0.5) is 0 Å². The van der Waals surface area contributed by atoms with Crippen molar-refractivity contribution >= 4 is 34.2 Å². The average Bonchev–Trinajstić information content (AvgIpc) is 2.52. The van der Waals surface area contributed by atoms with E-state index in [1.54, 1.807) is 0 Å². The van der Waals surface area contributed by atoms with Gasteiger partial charge in [0.15, 0.2) is 0 Å². The first kappa shape index (κ1) is 17.3. The quantitative estimate of drug-likeness (QED) is 0.728. The summed E-state index contributed by atoms with van der Waals surface area (Å²) in [5.74, 6) is 0. The molecule has 2 heteroatoms. The molecule has 20 heavy (non-hydrogen) atoms. The predicted molar refractivity (Wildman–Crippen MR) is 96.5 cm³/mol. The molecule has 0 aliphatic heterocycles. The summed E-state index contributed by atoms with van der Waals surface area (Å²) in [5.41, 5.74) is 0.